The summed E-state index contributed by atoms with van der Waals surface area (Å²) < 4.78 is 25.2. The maximum Gasteiger partial charge on any atom is 0.142 e. The van der Waals surface area contributed by atoms with Gasteiger partial charge in [0.1, 0.15) is 17.7 Å². The Hall–Kier alpha value is -3.00. The number of aryl methyl sites for hydroxylation is 2. The van der Waals surface area contributed by atoms with Crippen molar-refractivity contribution in [1.29, 1.82) is 0 Å². The Bertz CT molecular complexity index is 1300. The highest BCUT2D eigenvalue weighted by molar-refractivity contribution is 9.10. The minimum atomic E-state index is -0.413. The number of hydrogen-bond donors (Lipinski definition) is 0. The molecule has 1 atom stereocenters. The standard InChI is InChI=1S/C26H29BrFN5O/c1-16(2)13-33-14-19(11-30-33)8-20-15-32(5)31-26(20)23-7-6-22(28)10-24(23)18(4)34-25-9-21(27)12-29-17(25)3/h6-7,9-12,14-16,18H,8,13H2,1-5H3/t18-/m1/s1. The molecule has 4 aromatic rings. The van der Waals surface area contributed by atoms with Crippen LogP contribution in [0.3, 0.4) is 0 Å². The van der Waals surface area contributed by atoms with Crippen LogP contribution in [0.5, 0.6) is 5.75 Å². The van der Waals surface area contributed by atoms with Gasteiger partial charge in [0.15, 0.2) is 0 Å². The van der Waals surface area contributed by atoms with E-state index in [0.717, 1.165) is 44.7 Å². The van der Waals surface area contributed by atoms with Crippen molar-refractivity contribution >= 4 is 15.9 Å². The van der Waals surface area contributed by atoms with Crippen molar-refractivity contribution in [1.82, 2.24) is 24.5 Å². The number of halogens is 2. The summed E-state index contributed by atoms with van der Waals surface area (Å²) in [5.74, 6) is 0.857. The molecule has 0 unspecified atom stereocenters. The van der Waals surface area contributed by atoms with Gasteiger partial charge >= 0.3 is 0 Å². The Morgan fingerprint density at radius 2 is 1.91 bits per heavy atom. The van der Waals surface area contributed by atoms with Gasteiger partial charge in [-0.05, 0) is 65.5 Å². The van der Waals surface area contributed by atoms with Crippen LogP contribution in [-0.2, 0) is 20.0 Å². The Labute approximate surface area is 207 Å². The molecule has 178 valence electrons. The van der Waals surface area contributed by atoms with Crippen LogP contribution >= 0.6 is 15.9 Å². The summed E-state index contributed by atoms with van der Waals surface area (Å²) in [6.07, 6.45) is 7.99. The van der Waals surface area contributed by atoms with Crippen LogP contribution < -0.4 is 4.74 Å². The molecular formula is C26H29BrFN5O. The summed E-state index contributed by atoms with van der Waals surface area (Å²) >= 11 is 3.44. The van der Waals surface area contributed by atoms with Gasteiger partial charge in [-0.1, -0.05) is 13.8 Å². The van der Waals surface area contributed by atoms with Gasteiger partial charge in [-0.25, -0.2) is 4.39 Å². The predicted molar refractivity (Wildman–Crippen MR) is 134 cm³/mol. The predicted octanol–water partition coefficient (Wildman–Crippen LogP) is 6.28. The van der Waals surface area contributed by atoms with Gasteiger partial charge in [0, 0.05) is 59.8 Å². The fourth-order valence-electron chi connectivity index (χ4n) is 4.03. The average molecular weight is 526 g/mol. The Morgan fingerprint density at radius 1 is 1.12 bits per heavy atom. The minimum Gasteiger partial charge on any atom is -0.484 e. The highest BCUT2D eigenvalue weighted by atomic mass is 79.9. The van der Waals surface area contributed by atoms with Crippen LogP contribution in [-0.4, -0.2) is 24.5 Å². The molecule has 34 heavy (non-hydrogen) atoms. The molecule has 0 N–H and O–H groups in total. The van der Waals surface area contributed by atoms with Crippen molar-refractivity contribution in [3.63, 3.8) is 0 Å². The summed E-state index contributed by atoms with van der Waals surface area (Å²) in [7, 11) is 1.90. The number of nitrogens with zero attached hydrogens (tertiary/aromatic N) is 5. The summed E-state index contributed by atoms with van der Waals surface area (Å²) in [6.45, 7) is 9.02. The Balaban J connectivity index is 1.68. The summed E-state index contributed by atoms with van der Waals surface area (Å²) in [5.41, 5.74) is 5.32. The molecule has 0 spiro atoms. The molecule has 0 radical (unpaired) electrons. The zero-order chi connectivity index (χ0) is 24.4. The first-order chi connectivity index (χ1) is 16.2. The lowest BCUT2D eigenvalue weighted by atomic mass is 9.96. The van der Waals surface area contributed by atoms with E-state index in [-0.39, 0.29) is 5.82 Å². The lowest BCUT2D eigenvalue weighted by Crippen LogP contribution is -2.08. The summed E-state index contributed by atoms with van der Waals surface area (Å²) in [4.78, 5) is 4.34. The average Bonchev–Trinajstić information content (AvgIpc) is 3.36. The van der Waals surface area contributed by atoms with Crippen LogP contribution in [0.15, 0.2) is 53.5 Å². The number of pyridine rings is 1. The van der Waals surface area contributed by atoms with Gasteiger partial charge in [0.25, 0.3) is 0 Å². The molecule has 3 heterocycles. The molecule has 1 aromatic carbocycles. The van der Waals surface area contributed by atoms with E-state index in [1.165, 1.54) is 12.1 Å². The Kier molecular flexibility index (Phi) is 7.16. The van der Waals surface area contributed by atoms with Crippen LogP contribution in [0.25, 0.3) is 11.3 Å². The molecule has 3 aromatic heterocycles. The normalized spacial score (nSPS) is 12.4. The first-order valence-corrected chi connectivity index (χ1v) is 12.1. The number of aromatic nitrogens is 5. The third kappa shape index (κ3) is 5.55. The van der Waals surface area contributed by atoms with E-state index >= 15 is 0 Å². The van der Waals surface area contributed by atoms with Crippen LogP contribution in [0, 0.1) is 18.7 Å². The molecule has 6 nitrogen and oxygen atoms in total. The van der Waals surface area contributed by atoms with Crippen molar-refractivity contribution in [2.45, 2.75) is 46.8 Å². The molecule has 0 bridgehead atoms. The Morgan fingerprint density at radius 3 is 2.68 bits per heavy atom. The van der Waals surface area contributed by atoms with E-state index in [9.17, 15) is 4.39 Å². The highest BCUT2D eigenvalue weighted by Crippen LogP contribution is 2.34. The molecule has 0 aliphatic carbocycles. The van der Waals surface area contributed by atoms with Gasteiger partial charge in [0.05, 0.1) is 17.6 Å². The van der Waals surface area contributed by atoms with Gasteiger partial charge in [0.2, 0.25) is 0 Å². The number of rotatable bonds is 8. The molecule has 0 saturated carbocycles. The van der Waals surface area contributed by atoms with Crippen molar-refractivity contribution in [3.05, 3.63) is 81.7 Å². The summed E-state index contributed by atoms with van der Waals surface area (Å²) in [6, 6.07) is 6.65. The number of hydrogen-bond acceptors (Lipinski definition) is 4. The molecule has 0 aliphatic rings. The fraction of sp³-hybridized carbons (Fsp3) is 0.346. The summed E-state index contributed by atoms with van der Waals surface area (Å²) in [5, 5.41) is 9.23. The second-order valence-electron chi connectivity index (χ2n) is 9.05. The maximum atomic E-state index is 14.4. The lowest BCUT2D eigenvalue weighted by Gasteiger charge is -2.19. The second-order valence-corrected chi connectivity index (χ2v) is 9.96. The van der Waals surface area contributed by atoms with Crippen LogP contribution in [0.2, 0.25) is 0 Å². The van der Waals surface area contributed by atoms with Gasteiger partial charge < -0.3 is 4.74 Å². The van der Waals surface area contributed by atoms with E-state index in [2.05, 4.69) is 46.1 Å². The molecule has 4 rings (SSSR count). The molecule has 0 amide bonds. The van der Waals surface area contributed by atoms with E-state index in [4.69, 9.17) is 9.84 Å². The fourth-order valence-corrected chi connectivity index (χ4v) is 4.34. The second kappa shape index (κ2) is 10.1. The quantitative estimate of drug-likeness (QED) is 0.271. The number of benzene rings is 1. The first kappa shape index (κ1) is 24.1. The molecule has 0 aliphatic heterocycles. The van der Waals surface area contributed by atoms with E-state index in [0.29, 0.717) is 18.1 Å². The van der Waals surface area contributed by atoms with Crippen molar-refractivity contribution in [3.8, 4) is 17.0 Å². The van der Waals surface area contributed by atoms with Gasteiger partial charge in [-0.2, -0.15) is 10.2 Å². The van der Waals surface area contributed by atoms with Crippen LogP contribution in [0.4, 0.5) is 4.39 Å². The molecule has 8 heteroatoms. The zero-order valence-corrected chi connectivity index (χ0v) is 21.7. The molecular weight excluding hydrogens is 497 g/mol. The van der Waals surface area contributed by atoms with Crippen molar-refractivity contribution in [2.75, 3.05) is 0 Å². The monoisotopic (exact) mass is 525 g/mol. The van der Waals surface area contributed by atoms with Gasteiger partial charge in [-0.3, -0.25) is 14.3 Å². The molecule has 0 saturated heterocycles. The van der Waals surface area contributed by atoms with E-state index in [1.807, 2.05) is 44.0 Å². The highest BCUT2D eigenvalue weighted by Gasteiger charge is 2.21. The van der Waals surface area contributed by atoms with Crippen molar-refractivity contribution < 1.29 is 9.13 Å². The topological polar surface area (TPSA) is 57.8 Å². The maximum absolute atomic E-state index is 14.4. The van der Waals surface area contributed by atoms with Gasteiger partial charge in [-0.15, -0.1) is 0 Å². The minimum absolute atomic E-state index is 0.314. The first-order valence-electron chi connectivity index (χ1n) is 11.3. The smallest absolute Gasteiger partial charge is 0.142 e. The third-order valence-corrected chi connectivity index (χ3v) is 5.99. The lowest BCUT2D eigenvalue weighted by molar-refractivity contribution is 0.224. The van der Waals surface area contributed by atoms with E-state index < -0.39 is 6.10 Å². The molecule has 0 fully saturated rings. The SMILES string of the molecule is Cc1ncc(Br)cc1O[C@H](C)c1cc(F)ccc1-c1nn(C)cc1Cc1cnn(CC(C)C)c1. The van der Waals surface area contributed by atoms with Crippen molar-refractivity contribution in [2.24, 2.45) is 13.0 Å². The zero-order valence-electron chi connectivity index (χ0n) is 20.1. The number of ether oxygens (including phenoxy) is 1. The largest absolute Gasteiger partial charge is 0.484 e. The van der Waals surface area contributed by atoms with E-state index in [1.54, 1.807) is 16.9 Å². The third-order valence-electron chi connectivity index (χ3n) is 5.56. The van der Waals surface area contributed by atoms with Crippen LogP contribution in [0.1, 0.15) is 49.3 Å².